The van der Waals surface area contributed by atoms with E-state index in [2.05, 4.69) is 5.32 Å². The van der Waals surface area contributed by atoms with Gasteiger partial charge in [0.1, 0.15) is 17.9 Å². The molecule has 0 aliphatic heterocycles. The number of aldehydes is 1. The first kappa shape index (κ1) is 19.1. The zero-order chi connectivity index (χ0) is 18.9. The summed E-state index contributed by atoms with van der Waals surface area (Å²) in [5.41, 5.74) is 1.21. The van der Waals surface area contributed by atoms with E-state index in [4.69, 9.17) is 9.47 Å². The average molecular weight is 359 g/mol. The van der Waals surface area contributed by atoms with Crippen LogP contribution < -0.4 is 10.1 Å². The van der Waals surface area contributed by atoms with Gasteiger partial charge in [0.15, 0.2) is 12.7 Å². The summed E-state index contributed by atoms with van der Waals surface area (Å²) in [4.78, 5) is 34.2. The maximum atomic E-state index is 12.8. The third-order valence-corrected chi connectivity index (χ3v) is 3.43. The first-order valence-corrected chi connectivity index (χ1v) is 7.87. The Hall–Kier alpha value is -3.22. The lowest BCUT2D eigenvalue weighted by Crippen LogP contribution is -2.36. The summed E-state index contributed by atoms with van der Waals surface area (Å²) in [6.07, 6.45) is -0.298. The van der Waals surface area contributed by atoms with E-state index < -0.39 is 18.0 Å². The van der Waals surface area contributed by atoms with E-state index in [1.807, 2.05) is 0 Å². The van der Waals surface area contributed by atoms with Crippen molar-refractivity contribution >= 4 is 18.2 Å². The Morgan fingerprint density at radius 3 is 2.38 bits per heavy atom. The highest BCUT2D eigenvalue weighted by Crippen LogP contribution is 2.11. The molecule has 0 bridgehead atoms. The lowest BCUT2D eigenvalue weighted by Gasteiger charge is -2.14. The molecule has 0 heterocycles. The summed E-state index contributed by atoms with van der Waals surface area (Å²) in [6, 6.07) is 11.9. The zero-order valence-corrected chi connectivity index (χ0v) is 14.1. The maximum Gasteiger partial charge on any atom is 0.344 e. The molecule has 0 aromatic heterocycles. The Morgan fingerprint density at radius 1 is 1.12 bits per heavy atom. The van der Waals surface area contributed by atoms with Crippen LogP contribution in [0.1, 0.15) is 22.8 Å². The number of halogens is 1. The van der Waals surface area contributed by atoms with Crippen molar-refractivity contribution in [2.45, 2.75) is 19.6 Å². The Morgan fingerprint density at radius 2 is 1.77 bits per heavy atom. The van der Waals surface area contributed by atoms with Crippen molar-refractivity contribution in [1.29, 1.82) is 0 Å². The third-order valence-electron chi connectivity index (χ3n) is 3.43. The molecule has 2 aromatic rings. The Bertz CT molecular complexity index is 759. The number of nitrogens with one attached hydrogen (secondary N) is 1. The lowest BCUT2D eigenvalue weighted by molar-refractivity contribution is -0.156. The number of hydrogen-bond acceptors (Lipinski definition) is 5. The number of carbonyl (C=O) groups excluding carboxylic acids is 3. The highest BCUT2D eigenvalue weighted by Gasteiger charge is 2.17. The molecule has 0 saturated heterocycles. The molecule has 0 aliphatic carbocycles. The summed E-state index contributed by atoms with van der Waals surface area (Å²) in [7, 11) is 0. The Labute approximate surface area is 149 Å². The average Bonchev–Trinajstić information content (AvgIpc) is 2.66. The van der Waals surface area contributed by atoms with E-state index in [1.165, 1.54) is 19.1 Å². The molecule has 136 valence electrons. The predicted octanol–water partition coefficient (Wildman–Crippen LogP) is 2.27. The second-order valence-corrected chi connectivity index (χ2v) is 5.45. The van der Waals surface area contributed by atoms with Crippen LogP contribution in [0.5, 0.6) is 5.75 Å². The molecule has 2 rings (SSSR count). The van der Waals surface area contributed by atoms with Crippen LogP contribution in [-0.2, 0) is 20.9 Å². The van der Waals surface area contributed by atoms with Crippen molar-refractivity contribution in [3.05, 3.63) is 65.5 Å². The minimum absolute atomic E-state index is 0.195. The molecular weight excluding hydrogens is 341 g/mol. The van der Waals surface area contributed by atoms with Crippen LogP contribution in [-0.4, -0.2) is 30.9 Å². The van der Waals surface area contributed by atoms with Gasteiger partial charge in [0, 0.05) is 12.1 Å². The van der Waals surface area contributed by atoms with E-state index in [9.17, 15) is 18.8 Å². The summed E-state index contributed by atoms with van der Waals surface area (Å²) in [5.74, 6) is -1.13. The van der Waals surface area contributed by atoms with Crippen molar-refractivity contribution in [2.75, 3.05) is 6.61 Å². The van der Waals surface area contributed by atoms with Crippen LogP contribution in [0.3, 0.4) is 0 Å². The number of amides is 1. The fraction of sp³-hybridized carbons (Fsp3) is 0.211. The number of ether oxygens (including phenoxy) is 2. The van der Waals surface area contributed by atoms with E-state index in [0.29, 0.717) is 17.6 Å². The molecule has 0 spiro atoms. The van der Waals surface area contributed by atoms with Crippen LogP contribution in [0.15, 0.2) is 48.5 Å². The minimum Gasteiger partial charge on any atom is -0.482 e. The Kier molecular flexibility index (Phi) is 6.84. The van der Waals surface area contributed by atoms with Gasteiger partial charge in [-0.15, -0.1) is 0 Å². The van der Waals surface area contributed by atoms with Crippen molar-refractivity contribution in [3.8, 4) is 5.75 Å². The lowest BCUT2D eigenvalue weighted by atomic mass is 10.2. The van der Waals surface area contributed by atoms with Gasteiger partial charge in [-0.1, -0.05) is 12.1 Å². The normalized spacial score (nSPS) is 11.3. The van der Waals surface area contributed by atoms with E-state index in [-0.39, 0.29) is 19.0 Å². The van der Waals surface area contributed by atoms with Gasteiger partial charge < -0.3 is 14.8 Å². The van der Waals surface area contributed by atoms with Gasteiger partial charge in [-0.25, -0.2) is 9.18 Å². The van der Waals surface area contributed by atoms with Crippen LogP contribution >= 0.6 is 0 Å². The number of rotatable bonds is 8. The molecule has 7 heteroatoms. The third kappa shape index (κ3) is 6.01. The minimum atomic E-state index is -0.996. The van der Waals surface area contributed by atoms with Crippen LogP contribution in [0, 0.1) is 5.82 Å². The number of benzene rings is 2. The second kappa shape index (κ2) is 9.31. The first-order chi connectivity index (χ1) is 12.5. The number of carbonyl (C=O) groups is 3. The molecule has 0 radical (unpaired) electrons. The highest BCUT2D eigenvalue weighted by atomic mass is 19.1. The van der Waals surface area contributed by atoms with E-state index >= 15 is 0 Å². The largest absolute Gasteiger partial charge is 0.482 e. The summed E-state index contributed by atoms with van der Waals surface area (Å²) in [5, 5.41) is 2.60. The molecule has 1 atom stereocenters. The van der Waals surface area contributed by atoms with Crippen LogP contribution in [0.25, 0.3) is 0 Å². The van der Waals surface area contributed by atoms with Gasteiger partial charge >= 0.3 is 5.97 Å². The van der Waals surface area contributed by atoms with Gasteiger partial charge in [0.05, 0.1) is 0 Å². The summed E-state index contributed by atoms with van der Waals surface area (Å²) >= 11 is 0. The van der Waals surface area contributed by atoms with Crippen molar-refractivity contribution in [2.24, 2.45) is 0 Å². The number of esters is 1. The SMILES string of the molecule is C[C@H](OC(=O)COc1ccc(C=O)cc1)C(=O)NCc1ccc(F)cc1. The van der Waals surface area contributed by atoms with Gasteiger partial charge in [-0.05, 0) is 48.9 Å². The van der Waals surface area contributed by atoms with Gasteiger partial charge in [-0.2, -0.15) is 0 Å². The van der Waals surface area contributed by atoms with Crippen molar-refractivity contribution < 1.29 is 28.2 Å². The van der Waals surface area contributed by atoms with E-state index in [1.54, 1.807) is 36.4 Å². The first-order valence-electron chi connectivity index (χ1n) is 7.87. The Balaban J connectivity index is 1.73. The topological polar surface area (TPSA) is 81.7 Å². The van der Waals surface area contributed by atoms with Gasteiger partial charge in [-0.3, -0.25) is 9.59 Å². The molecule has 26 heavy (non-hydrogen) atoms. The standard InChI is InChI=1S/C19H18FNO5/c1-13(19(24)21-10-14-2-6-16(20)7-3-14)26-18(23)12-25-17-8-4-15(11-22)5-9-17/h2-9,11,13H,10,12H2,1H3,(H,21,24)/t13-/m0/s1. The number of hydrogen-bond donors (Lipinski definition) is 1. The summed E-state index contributed by atoms with van der Waals surface area (Å²) < 4.78 is 23.0. The molecule has 0 fully saturated rings. The predicted molar refractivity (Wildman–Crippen MR) is 91.1 cm³/mol. The quantitative estimate of drug-likeness (QED) is 0.578. The molecular formula is C19H18FNO5. The van der Waals surface area contributed by atoms with Gasteiger partial charge in [0.25, 0.3) is 5.91 Å². The fourth-order valence-corrected chi connectivity index (χ4v) is 2.00. The van der Waals surface area contributed by atoms with Crippen molar-refractivity contribution in [1.82, 2.24) is 5.32 Å². The van der Waals surface area contributed by atoms with Gasteiger partial charge in [0.2, 0.25) is 0 Å². The maximum absolute atomic E-state index is 12.8. The summed E-state index contributed by atoms with van der Waals surface area (Å²) in [6.45, 7) is 1.27. The fourth-order valence-electron chi connectivity index (χ4n) is 2.00. The van der Waals surface area contributed by atoms with E-state index in [0.717, 1.165) is 5.56 Å². The second-order valence-electron chi connectivity index (χ2n) is 5.45. The molecule has 1 amide bonds. The monoisotopic (exact) mass is 359 g/mol. The smallest absolute Gasteiger partial charge is 0.344 e. The molecule has 0 unspecified atom stereocenters. The molecule has 2 aromatic carbocycles. The molecule has 1 N–H and O–H groups in total. The van der Waals surface area contributed by atoms with Crippen LogP contribution in [0.2, 0.25) is 0 Å². The van der Waals surface area contributed by atoms with Crippen molar-refractivity contribution in [3.63, 3.8) is 0 Å². The molecule has 0 saturated carbocycles. The van der Waals surface area contributed by atoms with Crippen LogP contribution in [0.4, 0.5) is 4.39 Å². The zero-order valence-electron chi connectivity index (χ0n) is 14.1. The molecule has 6 nitrogen and oxygen atoms in total. The highest BCUT2D eigenvalue weighted by molar-refractivity contribution is 5.83. The molecule has 0 aliphatic rings.